The second-order valence-electron chi connectivity index (χ2n) is 4.57. The number of nitriles is 1. The average molecular weight is 238 g/mol. The van der Waals surface area contributed by atoms with E-state index in [0.717, 1.165) is 23.6 Å². The normalized spacial score (nSPS) is 14.2. The summed E-state index contributed by atoms with van der Waals surface area (Å²) in [4.78, 5) is 2.28. The minimum atomic E-state index is 0.546. The van der Waals surface area contributed by atoms with Crippen LogP contribution in [0.1, 0.15) is 24.2 Å². The van der Waals surface area contributed by atoms with Crippen molar-refractivity contribution in [1.29, 1.82) is 5.26 Å². The van der Waals surface area contributed by atoms with Crippen LogP contribution >= 0.6 is 0 Å². The first-order valence-electron chi connectivity index (χ1n) is 6.16. The molecule has 90 valence electrons. The molecule has 2 aromatic rings. The van der Waals surface area contributed by atoms with Crippen molar-refractivity contribution in [3.05, 3.63) is 54.0 Å². The van der Waals surface area contributed by atoms with Crippen molar-refractivity contribution in [1.82, 2.24) is 0 Å². The third kappa shape index (κ3) is 2.10. The first-order valence-corrected chi connectivity index (χ1v) is 6.16. The molecule has 0 aliphatic heterocycles. The van der Waals surface area contributed by atoms with E-state index in [2.05, 4.69) is 11.0 Å². The summed E-state index contributed by atoms with van der Waals surface area (Å²) in [6.07, 6.45) is 4.08. The molecule has 0 saturated heterocycles. The predicted octanol–water partition coefficient (Wildman–Crippen LogP) is 3.32. The molecule has 0 atom stereocenters. The van der Waals surface area contributed by atoms with E-state index in [0.29, 0.717) is 6.04 Å². The number of nitrogens with zero attached hydrogens (tertiary/aromatic N) is 2. The van der Waals surface area contributed by atoms with Crippen LogP contribution in [-0.4, -0.2) is 6.04 Å². The van der Waals surface area contributed by atoms with E-state index in [1.807, 2.05) is 36.4 Å². The number of hydrogen-bond acceptors (Lipinski definition) is 3. The molecule has 0 N–H and O–H groups in total. The van der Waals surface area contributed by atoms with Crippen molar-refractivity contribution in [2.45, 2.75) is 25.4 Å². The Balaban J connectivity index is 1.92. The highest BCUT2D eigenvalue weighted by molar-refractivity contribution is 5.60. The van der Waals surface area contributed by atoms with Gasteiger partial charge in [0.25, 0.3) is 0 Å². The molecule has 3 heteroatoms. The lowest BCUT2D eigenvalue weighted by atomic mass is 10.1. The van der Waals surface area contributed by atoms with Gasteiger partial charge in [0.1, 0.15) is 11.8 Å². The van der Waals surface area contributed by atoms with Crippen LogP contribution in [0.4, 0.5) is 5.69 Å². The quantitative estimate of drug-likeness (QED) is 0.820. The third-order valence-electron chi connectivity index (χ3n) is 3.23. The van der Waals surface area contributed by atoms with Gasteiger partial charge in [-0.1, -0.05) is 12.1 Å². The molecule has 1 aromatic carbocycles. The van der Waals surface area contributed by atoms with Crippen LogP contribution in [0.15, 0.2) is 47.1 Å². The first kappa shape index (κ1) is 10.9. The summed E-state index contributed by atoms with van der Waals surface area (Å²) in [7, 11) is 0. The zero-order chi connectivity index (χ0) is 12.4. The maximum Gasteiger partial charge on any atom is 0.123 e. The SMILES string of the molecule is N#Cc1ccccc1N(Cc1ccco1)C1CC1. The van der Waals surface area contributed by atoms with Gasteiger partial charge in [0, 0.05) is 6.04 Å². The molecule has 0 amide bonds. The molecule has 0 radical (unpaired) electrons. The number of benzene rings is 1. The monoisotopic (exact) mass is 238 g/mol. The average Bonchev–Trinajstić information content (AvgIpc) is 3.13. The van der Waals surface area contributed by atoms with Crippen LogP contribution in [0, 0.1) is 11.3 Å². The van der Waals surface area contributed by atoms with Crippen molar-refractivity contribution in [2.75, 3.05) is 4.90 Å². The minimum Gasteiger partial charge on any atom is -0.467 e. The molecular weight excluding hydrogens is 224 g/mol. The minimum absolute atomic E-state index is 0.546. The number of hydrogen-bond donors (Lipinski definition) is 0. The maximum absolute atomic E-state index is 9.20. The summed E-state index contributed by atoms with van der Waals surface area (Å²) in [6.45, 7) is 0.732. The van der Waals surface area contributed by atoms with Gasteiger partial charge in [-0.15, -0.1) is 0 Å². The van der Waals surface area contributed by atoms with Gasteiger partial charge in [0.15, 0.2) is 0 Å². The van der Waals surface area contributed by atoms with Gasteiger partial charge in [-0.3, -0.25) is 0 Å². The van der Waals surface area contributed by atoms with Crippen LogP contribution < -0.4 is 4.90 Å². The Hall–Kier alpha value is -2.21. The smallest absolute Gasteiger partial charge is 0.123 e. The van der Waals surface area contributed by atoms with Crippen molar-refractivity contribution < 1.29 is 4.42 Å². The first-order chi connectivity index (χ1) is 8.88. The fraction of sp³-hybridized carbons (Fsp3) is 0.267. The second-order valence-corrected chi connectivity index (χ2v) is 4.57. The molecule has 3 rings (SSSR count). The topological polar surface area (TPSA) is 40.2 Å². The van der Waals surface area contributed by atoms with Crippen LogP contribution in [0.5, 0.6) is 0 Å². The largest absolute Gasteiger partial charge is 0.467 e. The zero-order valence-corrected chi connectivity index (χ0v) is 10.0. The fourth-order valence-electron chi connectivity index (χ4n) is 2.19. The standard InChI is InChI=1S/C15H14N2O/c16-10-12-4-1-2-6-15(12)17(13-7-8-13)11-14-5-3-9-18-14/h1-6,9,13H,7-8,11H2. The Morgan fingerprint density at radius 2 is 2.06 bits per heavy atom. The van der Waals surface area contributed by atoms with Crippen LogP contribution in [-0.2, 0) is 6.54 Å². The Morgan fingerprint density at radius 3 is 2.72 bits per heavy atom. The van der Waals surface area contributed by atoms with E-state index in [-0.39, 0.29) is 0 Å². The number of rotatable bonds is 4. The fourth-order valence-corrected chi connectivity index (χ4v) is 2.19. The summed E-state index contributed by atoms with van der Waals surface area (Å²) < 4.78 is 5.41. The van der Waals surface area contributed by atoms with Gasteiger partial charge in [-0.05, 0) is 37.1 Å². The second kappa shape index (κ2) is 4.58. The summed E-state index contributed by atoms with van der Waals surface area (Å²) in [5.41, 5.74) is 1.75. The Kier molecular flexibility index (Phi) is 2.77. The van der Waals surface area contributed by atoms with Crippen LogP contribution in [0.2, 0.25) is 0 Å². The molecule has 0 unspecified atom stereocenters. The van der Waals surface area contributed by atoms with Gasteiger partial charge in [0.2, 0.25) is 0 Å². The molecule has 1 aliphatic carbocycles. The van der Waals surface area contributed by atoms with E-state index in [4.69, 9.17) is 4.42 Å². The molecule has 3 nitrogen and oxygen atoms in total. The van der Waals surface area contributed by atoms with Gasteiger partial charge in [-0.25, -0.2) is 0 Å². The van der Waals surface area contributed by atoms with Crippen LogP contribution in [0.3, 0.4) is 0 Å². The molecular formula is C15H14N2O. The zero-order valence-electron chi connectivity index (χ0n) is 10.0. The summed E-state index contributed by atoms with van der Waals surface area (Å²) in [6, 6.07) is 14.5. The van der Waals surface area contributed by atoms with Crippen molar-refractivity contribution in [3.63, 3.8) is 0 Å². The lowest BCUT2D eigenvalue weighted by Crippen LogP contribution is -2.25. The van der Waals surface area contributed by atoms with Gasteiger partial charge < -0.3 is 9.32 Å². The Morgan fingerprint density at radius 1 is 1.22 bits per heavy atom. The lowest BCUT2D eigenvalue weighted by Gasteiger charge is -2.24. The summed E-state index contributed by atoms with van der Waals surface area (Å²) in [5, 5.41) is 9.20. The third-order valence-corrected chi connectivity index (χ3v) is 3.23. The Labute approximate surface area is 106 Å². The molecule has 1 saturated carbocycles. The summed E-state index contributed by atoms with van der Waals surface area (Å²) in [5.74, 6) is 0.939. The number of furan rings is 1. The number of anilines is 1. The number of para-hydroxylation sites is 1. The van der Waals surface area contributed by atoms with Crippen molar-refractivity contribution >= 4 is 5.69 Å². The van der Waals surface area contributed by atoms with Gasteiger partial charge in [0.05, 0.1) is 24.1 Å². The van der Waals surface area contributed by atoms with Crippen molar-refractivity contribution in [3.8, 4) is 6.07 Å². The lowest BCUT2D eigenvalue weighted by molar-refractivity contribution is 0.501. The maximum atomic E-state index is 9.20. The van der Waals surface area contributed by atoms with E-state index < -0.39 is 0 Å². The van der Waals surface area contributed by atoms with Crippen LogP contribution in [0.25, 0.3) is 0 Å². The van der Waals surface area contributed by atoms with E-state index >= 15 is 0 Å². The molecule has 1 aliphatic rings. The molecule has 1 fully saturated rings. The molecule has 0 spiro atoms. The predicted molar refractivity (Wildman–Crippen MR) is 69.1 cm³/mol. The van der Waals surface area contributed by atoms with E-state index in [1.54, 1.807) is 6.26 Å². The van der Waals surface area contributed by atoms with Crippen molar-refractivity contribution in [2.24, 2.45) is 0 Å². The van der Waals surface area contributed by atoms with E-state index in [1.165, 1.54) is 12.8 Å². The highest BCUT2D eigenvalue weighted by atomic mass is 16.3. The van der Waals surface area contributed by atoms with Gasteiger partial charge in [-0.2, -0.15) is 5.26 Å². The molecule has 1 heterocycles. The highest BCUT2D eigenvalue weighted by Crippen LogP contribution is 2.34. The molecule has 18 heavy (non-hydrogen) atoms. The summed E-state index contributed by atoms with van der Waals surface area (Å²) >= 11 is 0. The Bertz CT molecular complexity index is 564. The molecule has 0 bridgehead atoms. The van der Waals surface area contributed by atoms with Gasteiger partial charge >= 0.3 is 0 Å². The highest BCUT2D eigenvalue weighted by Gasteiger charge is 2.30. The molecule has 1 aromatic heterocycles. The van der Waals surface area contributed by atoms with E-state index in [9.17, 15) is 5.26 Å².